The van der Waals surface area contributed by atoms with E-state index in [0.717, 1.165) is 16.2 Å². The van der Waals surface area contributed by atoms with Gasteiger partial charge in [0.05, 0.1) is 36.1 Å². The maximum atomic E-state index is 12.8. The van der Waals surface area contributed by atoms with Crippen LogP contribution in [0.4, 0.5) is 5.69 Å². The molecule has 1 aliphatic rings. The van der Waals surface area contributed by atoms with Gasteiger partial charge in [-0.15, -0.1) is 0 Å². The van der Waals surface area contributed by atoms with Crippen molar-refractivity contribution in [1.29, 1.82) is 0 Å². The quantitative estimate of drug-likeness (QED) is 0.664. The van der Waals surface area contributed by atoms with Crippen LogP contribution in [0.2, 0.25) is 0 Å². The second kappa shape index (κ2) is 8.65. The molecule has 30 heavy (non-hydrogen) atoms. The molecular weight excluding hydrogens is 426 g/mol. The Kier molecular flexibility index (Phi) is 6.37. The number of nitrogens with zero attached hydrogens (tertiary/aromatic N) is 2. The maximum Gasteiger partial charge on any atom is 0.250 e. The number of rotatable bonds is 8. The topological polar surface area (TPSA) is 105 Å². The molecule has 1 aliphatic heterocycles. The minimum Gasteiger partial charge on any atom is -0.494 e. The van der Waals surface area contributed by atoms with Crippen molar-refractivity contribution in [3.8, 4) is 5.75 Å². The van der Waals surface area contributed by atoms with Crippen LogP contribution in [-0.4, -0.2) is 45.6 Å². The highest BCUT2D eigenvalue weighted by atomic mass is 32.2. The number of para-hydroxylation sites is 1. The summed E-state index contributed by atoms with van der Waals surface area (Å²) in [6.07, 6.45) is 1.37. The Labute approximate surface area is 177 Å². The smallest absolute Gasteiger partial charge is 0.250 e. The summed E-state index contributed by atoms with van der Waals surface area (Å²) in [5, 5.41) is 4.41. The van der Waals surface area contributed by atoms with E-state index in [1.165, 1.54) is 0 Å². The van der Waals surface area contributed by atoms with Gasteiger partial charge in [0, 0.05) is 12.0 Å². The predicted octanol–water partition coefficient (Wildman–Crippen LogP) is 2.96. The second-order valence-corrected chi connectivity index (χ2v) is 10.7. The number of ether oxygens (including phenoxy) is 1. The number of anilines is 1. The van der Waals surface area contributed by atoms with Crippen LogP contribution in [0.15, 0.2) is 53.6 Å². The number of hydrogen-bond donors (Lipinski definition) is 1. The number of nitrogens with one attached hydrogen (secondary N) is 1. The molecule has 0 bridgehead atoms. The Morgan fingerprint density at radius 2 is 1.83 bits per heavy atom. The van der Waals surface area contributed by atoms with Crippen molar-refractivity contribution in [2.24, 2.45) is 5.10 Å². The number of sulfonamides is 2. The third-order valence-electron chi connectivity index (χ3n) is 4.61. The molecular formula is C20H25N3O5S2. The van der Waals surface area contributed by atoms with E-state index in [-0.39, 0.29) is 5.75 Å². The molecule has 8 nitrogen and oxygen atoms in total. The minimum atomic E-state index is -3.64. The molecule has 1 atom stereocenters. The summed E-state index contributed by atoms with van der Waals surface area (Å²) in [6.45, 7) is 3.94. The molecule has 0 saturated heterocycles. The molecule has 3 rings (SSSR count). The molecule has 0 fully saturated rings. The van der Waals surface area contributed by atoms with Gasteiger partial charge in [0.2, 0.25) is 20.0 Å². The lowest BCUT2D eigenvalue weighted by molar-refractivity contribution is 0.336. The largest absolute Gasteiger partial charge is 0.494 e. The van der Waals surface area contributed by atoms with Crippen molar-refractivity contribution in [3.63, 3.8) is 0 Å². The van der Waals surface area contributed by atoms with Crippen molar-refractivity contribution < 1.29 is 21.6 Å². The third-order valence-corrected chi connectivity index (χ3v) is 6.84. The molecule has 0 amide bonds. The summed E-state index contributed by atoms with van der Waals surface area (Å²) in [5.41, 5.74) is 2.15. The van der Waals surface area contributed by atoms with Gasteiger partial charge in [-0.3, -0.25) is 4.72 Å². The fourth-order valence-electron chi connectivity index (χ4n) is 3.29. The van der Waals surface area contributed by atoms with Crippen LogP contribution in [0.1, 0.15) is 37.4 Å². The van der Waals surface area contributed by atoms with Crippen LogP contribution in [-0.2, 0) is 20.0 Å². The minimum absolute atomic E-state index is 0.103. The van der Waals surface area contributed by atoms with Crippen LogP contribution in [0, 0.1) is 0 Å². The molecule has 2 aromatic rings. The average molecular weight is 452 g/mol. The Morgan fingerprint density at radius 3 is 2.50 bits per heavy atom. The molecule has 2 aromatic carbocycles. The van der Waals surface area contributed by atoms with Crippen LogP contribution < -0.4 is 9.46 Å². The standard InChI is InChI=1S/C20H25N3O5S2/c1-4-28-16-10-8-9-15(13-16)20-14-19(21-23(20)30(26,27)5-2)17-11-6-7-12-18(17)22-29(3,24)25/h6-13,20,22H,4-5,14H2,1-3H3/t20-/m1/s1. The Hall–Kier alpha value is -2.59. The van der Waals surface area contributed by atoms with Crippen molar-refractivity contribution in [2.75, 3.05) is 23.3 Å². The third kappa shape index (κ3) is 4.93. The number of hydrogen-bond acceptors (Lipinski definition) is 6. The van der Waals surface area contributed by atoms with E-state index in [1.807, 2.05) is 31.2 Å². The van der Waals surface area contributed by atoms with Crippen LogP contribution in [0.3, 0.4) is 0 Å². The van der Waals surface area contributed by atoms with Gasteiger partial charge in [-0.25, -0.2) is 16.8 Å². The van der Waals surface area contributed by atoms with Crippen molar-refractivity contribution in [1.82, 2.24) is 4.41 Å². The molecule has 0 radical (unpaired) electrons. The Morgan fingerprint density at radius 1 is 1.10 bits per heavy atom. The van der Waals surface area contributed by atoms with Gasteiger partial charge in [-0.2, -0.15) is 9.52 Å². The highest BCUT2D eigenvalue weighted by Gasteiger charge is 2.36. The summed E-state index contributed by atoms with van der Waals surface area (Å²) in [6, 6.07) is 13.5. The summed E-state index contributed by atoms with van der Waals surface area (Å²) in [4.78, 5) is 0. The first-order valence-electron chi connectivity index (χ1n) is 9.54. The van der Waals surface area contributed by atoms with Gasteiger partial charge < -0.3 is 4.74 Å². The molecule has 0 aromatic heterocycles. The van der Waals surface area contributed by atoms with E-state index in [4.69, 9.17) is 4.74 Å². The lowest BCUT2D eigenvalue weighted by atomic mass is 9.98. The molecule has 1 heterocycles. The van der Waals surface area contributed by atoms with Crippen LogP contribution in [0.25, 0.3) is 0 Å². The van der Waals surface area contributed by atoms with Gasteiger partial charge in [0.25, 0.3) is 0 Å². The second-order valence-electron chi connectivity index (χ2n) is 6.87. The zero-order valence-corrected chi connectivity index (χ0v) is 18.7. The summed E-state index contributed by atoms with van der Waals surface area (Å²) in [5.74, 6) is 0.547. The predicted molar refractivity (Wildman–Crippen MR) is 118 cm³/mol. The van der Waals surface area contributed by atoms with E-state index in [0.29, 0.717) is 35.7 Å². The van der Waals surface area contributed by atoms with Gasteiger partial charge in [-0.1, -0.05) is 30.3 Å². The molecule has 0 saturated carbocycles. The molecule has 0 spiro atoms. The van der Waals surface area contributed by atoms with E-state index < -0.39 is 26.1 Å². The molecule has 1 N–H and O–H groups in total. The van der Waals surface area contributed by atoms with E-state index in [2.05, 4.69) is 9.82 Å². The van der Waals surface area contributed by atoms with Gasteiger partial charge >= 0.3 is 0 Å². The number of benzene rings is 2. The van der Waals surface area contributed by atoms with Crippen LogP contribution in [0.5, 0.6) is 5.75 Å². The number of hydrazone groups is 1. The first kappa shape index (κ1) is 22.1. The first-order valence-corrected chi connectivity index (χ1v) is 13.0. The molecule has 0 unspecified atom stereocenters. The van der Waals surface area contributed by atoms with Crippen molar-refractivity contribution >= 4 is 31.4 Å². The first-order chi connectivity index (χ1) is 14.1. The van der Waals surface area contributed by atoms with Crippen molar-refractivity contribution in [2.45, 2.75) is 26.3 Å². The highest BCUT2D eigenvalue weighted by molar-refractivity contribution is 7.92. The van der Waals surface area contributed by atoms with Gasteiger partial charge in [0.15, 0.2) is 0 Å². The normalized spacial score (nSPS) is 17.0. The summed E-state index contributed by atoms with van der Waals surface area (Å²) >= 11 is 0. The van der Waals surface area contributed by atoms with E-state index in [9.17, 15) is 16.8 Å². The molecule has 0 aliphatic carbocycles. The van der Waals surface area contributed by atoms with Crippen molar-refractivity contribution in [3.05, 3.63) is 59.7 Å². The zero-order chi connectivity index (χ0) is 21.9. The lowest BCUT2D eigenvalue weighted by Crippen LogP contribution is -2.28. The van der Waals surface area contributed by atoms with Gasteiger partial charge in [-0.05, 0) is 37.6 Å². The highest BCUT2D eigenvalue weighted by Crippen LogP contribution is 2.37. The zero-order valence-electron chi connectivity index (χ0n) is 17.1. The van der Waals surface area contributed by atoms with Crippen LogP contribution >= 0.6 is 0 Å². The fourth-order valence-corrected chi connectivity index (χ4v) is 4.94. The Bertz CT molecular complexity index is 1160. The average Bonchev–Trinajstić information content (AvgIpc) is 3.14. The fraction of sp³-hybridized carbons (Fsp3) is 0.350. The SMILES string of the molecule is CCOc1cccc([C@H]2CC(c3ccccc3NS(C)(=O)=O)=NN2S(=O)(=O)CC)c1. The Balaban J connectivity index is 2.05. The molecule has 10 heteroatoms. The van der Waals surface area contributed by atoms with E-state index >= 15 is 0 Å². The lowest BCUT2D eigenvalue weighted by Gasteiger charge is -2.23. The summed E-state index contributed by atoms with van der Waals surface area (Å²) in [7, 11) is -7.15. The van der Waals surface area contributed by atoms with E-state index in [1.54, 1.807) is 31.2 Å². The van der Waals surface area contributed by atoms with Gasteiger partial charge in [0.1, 0.15) is 5.75 Å². The summed E-state index contributed by atoms with van der Waals surface area (Å²) < 4.78 is 58.2. The monoisotopic (exact) mass is 451 g/mol. The molecule has 162 valence electrons. The maximum absolute atomic E-state index is 12.8.